The highest BCUT2D eigenvalue weighted by Gasteiger charge is 2.34. The normalized spacial score (nSPS) is 27.7. The second kappa shape index (κ2) is 7.31. The third-order valence-electron chi connectivity index (χ3n) is 4.90. The molecule has 2 rings (SSSR count). The minimum Gasteiger partial charge on any atom is -0.388 e. The average Bonchev–Trinajstić information content (AvgIpc) is 2.48. The highest BCUT2D eigenvalue weighted by molar-refractivity contribution is 5.81. The van der Waals surface area contributed by atoms with Crippen molar-refractivity contribution in [3.05, 3.63) is 0 Å². The summed E-state index contributed by atoms with van der Waals surface area (Å²) in [5, 5.41) is 16.8. The van der Waals surface area contributed by atoms with Gasteiger partial charge in [0.25, 0.3) is 0 Å². The first-order valence-corrected chi connectivity index (χ1v) is 8.34. The Balaban J connectivity index is 1.81. The van der Waals surface area contributed by atoms with Gasteiger partial charge in [0.05, 0.1) is 5.60 Å². The lowest BCUT2D eigenvalue weighted by molar-refractivity contribution is -0.134. The number of hydrogen-bond acceptors (Lipinski definition) is 3. The first-order chi connectivity index (χ1) is 10.4. The fourth-order valence-corrected chi connectivity index (χ4v) is 3.31. The van der Waals surface area contributed by atoms with Gasteiger partial charge >= 0.3 is 0 Å². The van der Waals surface area contributed by atoms with Crippen LogP contribution in [0.4, 0.5) is 0 Å². The van der Waals surface area contributed by atoms with Gasteiger partial charge in [-0.15, -0.1) is 0 Å². The Labute approximate surface area is 133 Å². The zero-order chi connectivity index (χ0) is 16.2. The second-order valence-corrected chi connectivity index (χ2v) is 6.94. The van der Waals surface area contributed by atoms with Crippen molar-refractivity contribution < 1.29 is 9.90 Å². The molecule has 3 N–H and O–H groups in total. The van der Waals surface area contributed by atoms with Crippen LogP contribution in [0, 0.1) is 5.92 Å². The van der Waals surface area contributed by atoms with Gasteiger partial charge in [-0.05, 0) is 38.5 Å². The summed E-state index contributed by atoms with van der Waals surface area (Å²) in [4.78, 5) is 18.0. The third kappa shape index (κ3) is 4.35. The molecule has 0 saturated heterocycles. The molecule has 22 heavy (non-hydrogen) atoms. The van der Waals surface area contributed by atoms with E-state index in [1.54, 1.807) is 11.9 Å². The van der Waals surface area contributed by atoms with Crippen LogP contribution in [-0.4, -0.2) is 61.2 Å². The van der Waals surface area contributed by atoms with Gasteiger partial charge in [0.2, 0.25) is 5.91 Å². The molecule has 126 valence electrons. The quantitative estimate of drug-likeness (QED) is 0.528. The van der Waals surface area contributed by atoms with E-state index in [0.717, 1.165) is 50.9 Å². The Morgan fingerprint density at radius 3 is 2.59 bits per heavy atom. The highest BCUT2D eigenvalue weighted by Crippen LogP contribution is 2.30. The van der Waals surface area contributed by atoms with Crippen LogP contribution >= 0.6 is 0 Å². The first kappa shape index (κ1) is 17.1. The molecule has 0 bridgehead atoms. The molecule has 2 unspecified atom stereocenters. The Morgan fingerprint density at radius 1 is 1.32 bits per heavy atom. The van der Waals surface area contributed by atoms with Gasteiger partial charge in [-0.3, -0.25) is 9.79 Å². The molecule has 2 saturated carbocycles. The maximum atomic E-state index is 12.1. The number of hydrogen-bond donors (Lipinski definition) is 3. The molecule has 2 aliphatic rings. The van der Waals surface area contributed by atoms with Gasteiger partial charge in [0.15, 0.2) is 5.96 Å². The van der Waals surface area contributed by atoms with Crippen molar-refractivity contribution in [2.75, 3.05) is 27.7 Å². The van der Waals surface area contributed by atoms with Crippen molar-refractivity contribution in [1.82, 2.24) is 15.5 Å². The number of carbonyl (C=O) groups excluding carboxylic acids is 1. The van der Waals surface area contributed by atoms with Gasteiger partial charge in [-0.2, -0.15) is 0 Å². The van der Waals surface area contributed by atoms with Crippen molar-refractivity contribution in [3.63, 3.8) is 0 Å². The molecule has 0 aromatic rings. The number of guanidine groups is 1. The number of carbonyl (C=O) groups is 1. The van der Waals surface area contributed by atoms with E-state index < -0.39 is 5.60 Å². The monoisotopic (exact) mass is 310 g/mol. The van der Waals surface area contributed by atoms with Crippen LogP contribution in [0.25, 0.3) is 0 Å². The van der Waals surface area contributed by atoms with E-state index >= 15 is 0 Å². The largest absolute Gasteiger partial charge is 0.388 e. The molecular formula is C16H30N4O2. The SMILES string of the molecule is CN=C(NCC1(O)CCC1)NC1CCCC(C(=O)N(C)C)C1. The highest BCUT2D eigenvalue weighted by atomic mass is 16.3. The molecule has 0 aliphatic heterocycles. The Morgan fingerprint density at radius 2 is 2.05 bits per heavy atom. The number of aliphatic imine (C=N–C) groups is 1. The molecule has 0 heterocycles. The minimum absolute atomic E-state index is 0.107. The van der Waals surface area contributed by atoms with E-state index in [2.05, 4.69) is 15.6 Å². The topological polar surface area (TPSA) is 77.0 Å². The summed E-state index contributed by atoms with van der Waals surface area (Å²) in [6, 6.07) is 0.268. The number of nitrogens with one attached hydrogen (secondary N) is 2. The van der Waals surface area contributed by atoms with E-state index in [-0.39, 0.29) is 17.9 Å². The molecule has 0 aromatic heterocycles. The molecule has 2 atom stereocenters. The number of amides is 1. The summed E-state index contributed by atoms with van der Waals surface area (Å²) in [6.45, 7) is 0.541. The molecule has 1 amide bonds. The van der Waals surface area contributed by atoms with E-state index in [4.69, 9.17) is 0 Å². The molecule has 0 aromatic carbocycles. The Bertz CT molecular complexity index is 418. The summed E-state index contributed by atoms with van der Waals surface area (Å²) in [6.07, 6.45) is 6.76. The zero-order valence-electron chi connectivity index (χ0n) is 14.1. The van der Waals surface area contributed by atoms with E-state index in [9.17, 15) is 9.90 Å². The van der Waals surface area contributed by atoms with Crippen molar-refractivity contribution >= 4 is 11.9 Å². The summed E-state index contributed by atoms with van der Waals surface area (Å²) in [5.74, 6) is 1.05. The van der Waals surface area contributed by atoms with E-state index in [1.165, 1.54) is 0 Å². The first-order valence-electron chi connectivity index (χ1n) is 8.34. The fraction of sp³-hybridized carbons (Fsp3) is 0.875. The molecule has 6 nitrogen and oxygen atoms in total. The minimum atomic E-state index is -0.562. The number of aliphatic hydroxyl groups is 1. The molecule has 2 aliphatic carbocycles. The predicted molar refractivity (Wildman–Crippen MR) is 87.7 cm³/mol. The standard InChI is InChI=1S/C16H30N4O2/c1-17-15(18-11-16(22)8-5-9-16)19-13-7-4-6-12(10-13)14(21)20(2)3/h12-13,22H,4-11H2,1-3H3,(H2,17,18,19). The summed E-state index contributed by atoms with van der Waals surface area (Å²) in [7, 11) is 5.38. The summed E-state index contributed by atoms with van der Waals surface area (Å²) in [5.41, 5.74) is -0.562. The van der Waals surface area contributed by atoms with Crippen LogP contribution in [0.1, 0.15) is 44.9 Å². The average molecular weight is 310 g/mol. The van der Waals surface area contributed by atoms with E-state index in [0.29, 0.717) is 6.54 Å². The van der Waals surface area contributed by atoms with Gasteiger partial charge in [-0.1, -0.05) is 6.42 Å². The smallest absolute Gasteiger partial charge is 0.225 e. The lowest BCUT2D eigenvalue weighted by atomic mass is 9.80. The van der Waals surface area contributed by atoms with Crippen LogP contribution < -0.4 is 10.6 Å². The fourth-order valence-electron chi connectivity index (χ4n) is 3.31. The van der Waals surface area contributed by atoms with Gasteiger partial charge in [-0.25, -0.2) is 0 Å². The third-order valence-corrected chi connectivity index (χ3v) is 4.90. The summed E-state index contributed by atoms with van der Waals surface area (Å²) < 4.78 is 0. The van der Waals surface area contributed by atoms with Crippen molar-refractivity contribution in [3.8, 4) is 0 Å². The van der Waals surface area contributed by atoms with Gasteiger partial charge in [0, 0.05) is 39.6 Å². The summed E-state index contributed by atoms with van der Waals surface area (Å²) >= 11 is 0. The van der Waals surface area contributed by atoms with Crippen LogP contribution in [0.15, 0.2) is 4.99 Å². The maximum absolute atomic E-state index is 12.1. The lowest BCUT2D eigenvalue weighted by Gasteiger charge is -2.37. The van der Waals surface area contributed by atoms with Crippen molar-refractivity contribution in [2.45, 2.75) is 56.6 Å². The number of nitrogens with zero attached hydrogens (tertiary/aromatic N) is 2. The predicted octanol–water partition coefficient (Wildman–Crippen LogP) is 0.713. The van der Waals surface area contributed by atoms with Crippen LogP contribution in [0.3, 0.4) is 0 Å². The molecule has 0 radical (unpaired) electrons. The van der Waals surface area contributed by atoms with Crippen molar-refractivity contribution in [1.29, 1.82) is 0 Å². The second-order valence-electron chi connectivity index (χ2n) is 6.94. The molecule has 0 spiro atoms. The molecule has 2 fully saturated rings. The van der Waals surface area contributed by atoms with Crippen molar-refractivity contribution in [2.24, 2.45) is 10.9 Å². The van der Waals surface area contributed by atoms with Gasteiger partial charge in [0.1, 0.15) is 0 Å². The molecular weight excluding hydrogens is 280 g/mol. The van der Waals surface area contributed by atoms with Gasteiger partial charge < -0.3 is 20.6 Å². The van der Waals surface area contributed by atoms with E-state index in [1.807, 2.05) is 14.1 Å². The van der Waals surface area contributed by atoms with Crippen LogP contribution in [0.2, 0.25) is 0 Å². The number of rotatable bonds is 4. The Hall–Kier alpha value is -1.30. The maximum Gasteiger partial charge on any atom is 0.225 e. The van der Waals surface area contributed by atoms with Crippen LogP contribution in [-0.2, 0) is 4.79 Å². The Kier molecular flexibility index (Phi) is 5.67. The zero-order valence-corrected chi connectivity index (χ0v) is 14.1. The van der Waals surface area contributed by atoms with Crippen LogP contribution in [0.5, 0.6) is 0 Å². The molecule has 6 heteroatoms. The lowest BCUT2D eigenvalue weighted by Crippen LogP contribution is -2.53.